The molecule has 0 radical (unpaired) electrons. The number of hydrogen-bond acceptors (Lipinski definition) is 4. The smallest absolute Gasteiger partial charge is 0.308 e. The molecule has 1 saturated carbocycles. The van der Waals surface area contributed by atoms with Gasteiger partial charge >= 0.3 is 5.97 Å². The van der Waals surface area contributed by atoms with E-state index >= 15 is 0 Å². The molecular weight excluding hydrogens is 322 g/mol. The van der Waals surface area contributed by atoms with Crippen molar-refractivity contribution in [3.8, 4) is 11.5 Å². The molecule has 0 aromatic heterocycles. The predicted octanol–water partition coefficient (Wildman–Crippen LogP) is 2.75. The van der Waals surface area contributed by atoms with Gasteiger partial charge in [0.2, 0.25) is 6.10 Å². The molecular formula is C19H25NO5. The van der Waals surface area contributed by atoms with E-state index in [0.29, 0.717) is 24.3 Å². The summed E-state index contributed by atoms with van der Waals surface area (Å²) in [6.07, 6.45) is 4.00. The van der Waals surface area contributed by atoms with Crippen molar-refractivity contribution in [2.75, 3.05) is 0 Å². The Hall–Kier alpha value is -2.24. The maximum absolute atomic E-state index is 12.7. The molecule has 0 spiro atoms. The number of nitrogens with one attached hydrogen (secondary N) is 1. The maximum Gasteiger partial charge on any atom is 0.308 e. The molecule has 4 atom stereocenters. The van der Waals surface area contributed by atoms with Gasteiger partial charge in [0.15, 0.2) is 11.5 Å². The Bertz CT molecular complexity index is 632. The standard InChI is InChI=1S/C19H25NO5/c1-12-17(25-16-11-7-6-10-15(16)24-12)18(21)20-14-9-5-3-2-4-8-13(14)19(22)23/h6-7,10-14,17H,2-5,8-9H2,1H3,(H,20,21)(H,22,23). The Morgan fingerprint density at radius 3 is 2.36 bits per heavy atom. The van der Waals surface area contributed by atoms with E-state index in [-0.39, 0.29) is 11.9 Å². The zero-order chi connectivity index (χ0) is 17.8. The van der Waals surface area contributed by atoms with Gasteiger partial charge < -0.3 is 19.9 Å². The third-order valence-electron chi connectivity index (χ3n) is 5.01. The first kappa shape index (κ1) is 17.6. The lowest BCUT2D eigenvalue weighted by Gasteiger charge is -2.33. The zero-order valence-electron chi connectivity index (χ0n) is 14.4. The lowest BCUT2D eigenvalue weighted by Crippen LogP contribution is -2.53. The maximum atomic E-state index is 12.7. The average molecular weight is 347 g/mol. The first-order valence-corrected chi connectivity index (χ1v) is 9.02. The number of carboxylic acids is 1. The van der Waals surface area contributed by atoms with Crippen molar-refractivity contribution < 1.29 is 24.2 Å². The number of aliphatic carboxylic acids is 1. The Kier molecular flexibility index (Phi) is 5.46. The van der Waals surface area contributed by atoms with Crippen LogP contribution in [0.5, 0.6) is 11.5 Å². The second kappa shape index (κ2) is 7.76. The number of amides is 1. The number of fused-ring (bicyclic) bond motifs is 1. The van der Waals surface area contributed by atoms with E-state index < -0.39 is 24.1 Å². The molecule has 1 aliphatic heterocycles. The summed E-state index contributed by atoms with van der Waals surface area (Å²) in [6, 6.07) is 6.87. The molecule has 25 heavy (non-hydrogen) atoms. The molecule has 0 bridgehead atoms. The summed E-state index contributed by atoms with van der Waals surface area (Å²) in [7, 11) is 0. The highest BCUT2D eigenvalue weighted by atomic mass is 16.6. The number of carbonyl (C=O) groups excluding carboxylic acids is 1. The molecule has 1 aromatic rings. The Labute approximate surface area is 147 Å². The molecule has 136 valence electrons. The molecule has 1 amide bonds. The minimum absolute atomic E-state index is 0.307. The van der Waals surface area contributed by atoms with Crippen LogP contribution >= 0.6 is 0 Å². The summed E-state index contributed by atoms with van der Waals surface area (Å²) in [5.41, 5.74) is 0. The van der Waals surface area contributed by atoms with Crippen molar-refractivity contribution in [3.05, 3.63) is 24.3 Å². The van der Waals surface area contributed by atoms with Crippen LogP contribution in [-0.4, -0.2) is 35.2 Å². The molecule has 2 N–H and O–H groups in total. The molecule has 6 nitrogen and oxygen atoms in total. The number of para-hydroxylation sites is 2. The van der Waals surface area contributed by atoms with Crippen LogP contribution in [0.1, 0.15) is 45.4 Å². The normalized spacial score (nSPS) is 29.2. The molecule has 3 rings (SSSR count). The van der Waals surface area contributed by atoms with Crippen molar-refractivity contribution in [3.63, 3.8) is 0 Å². The lowest BCUT2D eigenvalue weighted by atomic mass is 9.86. The van der Waals surface area contributed by atoms with Crippen LogP contribution in [0, 0.1) is 5.92 Å². The van der Waals surface area contributed by atoms with E-state index in [9.17, 15) is 14.7 Å². The fourth-order valence-electron chi connectivity index (χ4n) is 3.62. The van der Waals surface area contributed by atoms with Crippen LogP contribution in [-0.2, 0) is 9.59 Å². The number of ether oxygens (including phenoxy) is 2. The Morgan fingerprint density at radius 2 is 1.68 bits per heavy atom. The van der Waals surface area contributed by atoms with Crippen molar-refractivity contribution in [2.45, 2.75) is 63.7 Å². The Morgan fingerprint density at radius 1 is 1.04 bits per heavy atom. The van der Waals surface area contributed by atoms with E-state index in [0.717, 1.165) is 25.7 Å². The third kappa shape index (κ3) is 4.06. The number of benzene rings is 1. The van der Waals surface area contributed by atoms with E-state index in [1.807, 2.05) is 12.1 Å². The Balaban J connectivity index is 1.70. The van der Waals surface area contributed by atoms with Crippen LogP contribution in [0.3, 0.4) is 0 Å². The van der Waals surface area contributed by atoms with Crippen LogP contribution in [0.25, 0.3) is 0 Å². The largest absolute Gasteiger partial charge is 0.482 e. The average Bonchev–Trinajstić information content (AvgIpc) is 2.56. The number of carboxylic acid groups (broad SMARTS) is 1. The summed E-state index contributed by atoms with van der Waals surface area (Å²) >= 11 is 0. The van der Waals surface area contributed by atoms with Crippen LogP contribution in [0.15, 0.2) is 24.3 Å². The molecule has 1 heterocycles. The summed E-state index contributed by atoms with van der Waals surface area (Å²) in [6.45, 7) is 1.78. The molecule has 1 fully saturated rings. The van der Waals surface area contributed by atoms with Crippen molar-refractivity contribution in [1.82, 2.24) is 5.32 Å². The first-order chi connectivity index (χ1) is 12.1. The van der Waals surface area contributed by atoms with Gasteiger partial charge in [-0.15, -0.1) is 0 Å². The SMILES string of the molecule is CC1Oc2ccccc2OC1C(=O)NC1CCCCCCC1C(=O)O. The van der Waals surface area contributed by atoms with Crippen molar-refractivity contribution >= 4 is 11.9 Å². The van der Waals surface area contributed by atoms with Gasteiger partial charge in [-0.3, -0.25) is 9.59 Å². The van der Waals surface area contributed by atoms with Crippen molar-refractivity contribution in [1.29, 1.82) is 0 Å². The topological polar surface area (TPSA) is 84.9 Å². The van der Waals surface area contributed by atoms with Crippen molar-refractivity contribution in [2.24, 2.45) is 5.92 Å². The zero-order valence-corrected chi connectivity index (χ0v) is 14.4. The predicted molar refractivity (Wildman–Crippen MR) is 91.7 cm³/mol. The highest BCUT2D eigenvalue weighted by Crippen LogP contribution is 2.33. The van der Waals surface area contributed by atoms with Gasteiger partial charge in [-0.05, 0) is 31.9 Å². The van der Waals surface area contributed by atoms with Gasteiger partial charge in [0.05, 0.1) is 5.92 Å². The lowest BCUT2D eigenvalue weighted by molar-refractivity contribution is -0.144. The van der Waals surface area contributed by atoms with Gasteiger partial charge in [-0.2, -0.15) is 0 Å². The fourth-order valence-corrected chi connectivity index (χ4v) is 3.62. The summed E-state index contributed by atoms with van der Waals surface area (Å²) in [5, 5.41) is 12.4. The highest BCUT2D eigenvalue weighted by Gasteiger charge is 2.37. The second-order valence-electron chi connectivity index (χ2n) is 6.86. The van der Waals surface area contributed by atoms with Crippen LogP contribution < -0.4 is 14.8 Å². The quantitative estimate of drug-likeness (QED) is 0.878. The van der Waals surface area contributed by atoms with E-state index in [2.05, 4.69) is 5.32 Å². The number of carbonyl (C=O) groups is 2. The number of hydrogen-bond donors (Lipinski definition) is 2. The molecule has 1 aromatic carbocycles. The molecule has 1 aliphatic carbocycles. The van der Waals surface area contributed by atoms with Gasteiger partial charge in [-0.25, -0.2) is 0 Å². The van der Waals surface area contributed by atoms with Gasteiger partial charge in [0, 0.05) is 6.04 Å². The van der Waals surface area contributed by atoms with Crippen LogP contribution in [0.4, 0.5) is 0 Å². The molecule has 0 saturated heterocycles. The van der Waals surface area contributed by atoms with E-state index in [4.69, 9.17) is 9.47 Å². The summed E-state index contributed by atoms with van der Waals surface area (Å²) < 4.78 is 11.6. The molecule has 2 aliphatic rings. The molecule has 6 heteroatoms. The minimum Gasteiger partial charge on any atom is -0.482 e. The first-order valence-electron chi connectivity index (χ1n) is 9.02. The third-order valence-corrected chi connectivity index (χ3v) is 5.01. The van der Waals surface area contributed by atoms with E-state index in [1.54, 1.807) is 19.1 Å². The fraction of sp³-hybridized carbons (Fsp3) is 0.579. The van der Waals surface area contributed by atoms with Gasteiger partial charge in [0.25, 0.3) is 5.91 Å². The monoisotopic (exact) mass is 347 g/mol. The van der Waals surface area contributed by atoms with E-state index in [1.165, 1.54) is 0 Å². The summed E-state index contributed by atoms with van der Waals surface area (Å²) in [5.74, 6) is -0.539. The second-order valence-corrected chi connectivity index (χ2v) is 6.86. The molecule has 4 unspecified atom stereocenters. The number of rotatable bonds is 3. The minimum atomic E-state index is -0.841. The highest BCUT2D eigenvalue weighted by molar-refractivity contribution is 5.83. The van der Waals surface area contributed by atoms with Gasteiger partial charge in [-0.1, -0.05) is 37.8 Å². The summed E-state index contributed by atoms with van der Waals surface area (Å²) in [4.78, 5) is 24.4. The van der Waals surface area contributed by atoms with Crippen LogP contribution in [0.2, 0.25) is 0 Å². The van der Waals surface area contributed by atoms with Gasteiger partial charge in [0.1, 0.15) is 6.10 Å².